The summed E-state index contributed by atoms with van der Waals surface area (Å²) >= 11 is 1.49. The summed E-state index contributed by atoms with van der Waals surface area (Å²) in [5.41, 5.74) is 5.65. The van der Waals surface area contributed by atoms with Crippen molar-refractivity contribution in [1.82, 2.24) is 19.8 Å². The van der Waals surface area contributed by atoms with Crippen LogP contribution >= 0.6 is 11.3 Å². The molecule has 2 aromatic carbocycles. The number of benzene rings is 2. The zero-order chi connectivity index (χ0) is 19.8. The van der Waals surface area contributed by atoms with Crippen LogP contribution in [0.25, 0.3) is 15.5 Å². The average molecular weight is 392 g/mol. The van der Waals surface area contributed by atoms with Gasteiger partial charge >= 0.3 is 0 Å². The number of nitrogens with one attached hydrogen (secondary N) is 1. The van der Waals surface area contributed by atoms with Gasteiger partial charge in [-0.15, -0.1) is 10.2 Å². The van der Waals surface area contributed by atoms with Crippen LogP contribution in [0.3, 0.4) is 0 Å². The van der Waals surface area contributed by atoms with E-state index in [1.807, 2.05) is 64.1 Å². The van der Waals surface area contributed by atoms with Crippen LogP contribution in [-0.2, 0) is 6.42 Å². The summed E-state index contributed by atoms with van der Waals surface area (Å²) in [6, 6.07) is 11.7. The Morgan fingerprint density at radius 2 is 1.82 bits per heavy atom. The number of carbonyl (C=O) groups excluding carboxylic acids is 1. The molecule has 4 aromatic rings. The zero-order valence-corrected chi connectivity index (χ0v) is 17.1. The molecule has 4 rings (SSSR count). The molecule has 0 atom stereocenters. The third-order valence-corrected chi connectivity index (χ3v) is 5.82. The van der Waals surface area contributed by atoms with Gasteiger partial charge < -0.3 is 5.32 Å². The molecule has 0 saturated heterocycles. The molecule has 2 aromatic heterocycles. The van der Waals surface area contributed by atoms with E-state index < -0.39 is 0 Å². The number of carbonyl (C=O) groups is 1. The van der Waals surface area contributed by atoms with Crippen LogP contribution in [0.1, 0.15) is 39.8 Å². The summed E-state index contributed by atoms with van der Waals surface area (Å²) < 4.78 is 1.78. The number of hydrogen-bond donors (Lipinski definition) is 1. The maximum absolute atomic E-state index is 12.7. The molecule has 0 fully saturated rings. The minimum atomic E-state index is -0.116. The molecular formula is C21H21N5OS. The van der Waals surface area contributed by atoms with Gasteiger partial charge in [-0.2, -0.15) is 9.61 Å². The van der Waals surface area contributed by atoms with Crippen LogP contribution < -0.4 is 5.32 Å². The molecule has 6 nitrogen and oxygen atoms in total. The molecule has 142 valence electrons. The molecule has 0 aliphatic rings. The van der Waals surface area contributed by atoms with Crippen molar-refractivity contribution in [3.05, 3.63) is 64.5 Å². The monoisotopic (exact) mass is 391 g/mol. The van der Waals surface area contributed by atoms with Crippen molar-refractivity contribution in [3.8, 4) is 10.6 Å². The summed E-state index contributed by atoms with van der Waals surface area (Å²) in [5.74, 6) is 0.725. The predicted octanol–water partition coefficient (Wildman–Crippen LogP) is 4.59. The minimum Gasteiger partial charge on any atom is -0.322 e. The zero-order valence-electron chi connectivity index (χ0n) is 16.3. The van der Waals surface area contributed by atoms with Gasteiger partial charge in [-0.25, -0.2) is 0 Å². The number of aromatic nitrogens is 4. The van der Waals surface area contributed by atoms with Crippen molar-refractivity contribution in [3.63, 3.8) is 0 Å². The average Bonchev–Trinajstić information content (AvgIpc) is 3.26. The third-order valence-electron chi connectivity index (χ3n) is 4.87. The molecular weight excluding hydrogens is 370 g/mol. The molecule has 0 saturated carbocycles. The Labute approximate surface area is 167 Å². The standard InChI is InChI=1S/C21H21N5OS/c1-5-18-23-24-21-26(18)25-20(28-21)16-9-7-13(3)17(11-16)22-19(27)15-8-6-12(2)14(4)10-15/h6-11H,5H2,1-4H3,(H,22,27). The van der Waals surface area contributed by atoms with Crippen molar-refractivity contribution in [2.24, 2.45) is 0 Å². The molecule has 28 heavy (non-hydrogen) atoms. The molecule has 1 amide bonds. The molecule has 0 aliphatic carbocycles. The Morgan fingerprint density at radius 3 is 2.57 bits per heavy atom. The van der Waals surface area contributed by atoms with Gasteiger partial charge in [-0.3, -0.25) is 4.79 Å². The highest BCUT2D eigenvalue weighted by molar-refractivity contribution is 7.19. The number of anilines is 1. The van der Waals surface area contributed by atoms with E-state index in [0.29, 0.717) is 5.56 Å². The molecule has 0 bridgehead atoms. The van der Waals surface area contributed by atoms with Gasteiger partial charge in [0.2, 0.25) is 4.96 Å². The first kappa shape index (κ1) is 18.3. The Balaban J connectivity index is 1.65. The van der Waals surface area contributed by atoms with E-state index in [-0.39, 0.29) is 5.91 Å². The second kappa shape index (κ2) is 7.16. The predicted molar refractivity (Wildman–Crippen MR) is 112 cm³/mol. The molecule has 0 radical (unpaired) electrons. The van der Waals surface area contributed by atoms with Crippen molar-refractivity contribution in [1.29, 1.82) is 0 Å². The van der Waals surface area contributed by atoms with Crippen molar-refractivity contribution in [2.75, 3.05) is 5.32 Å². The smallest absolute Gasteiger partial charge is 0.255 e. The van der Waals surface area contributed by atoms with Gasteiger partial charge in [0, 0.05) is 23.2 Å². The van der Waals surface area contributed by atoms with E-state index in [1.54, 1.807) is 4.52 Å². The first-order chi connectivity index (χ1) is 13.5. The van der Waals surface area contributed by atoms with Gasteiger partial charge in [0.1, 0.15) is 5.01 Å². The molecule has 0 unspecified atom stereocenters. The van der Waals surface area contributed by atoms with Gasteiger partial charge in [0.15, 0.2) is 5.82 Å². The van der Waals surface area contributed by atoms with Crippen LogP contribution in [0.2, 0.25) is 0 Å². The molecule has 0 aliphatic heterocycles. The number of aryl methyl sites for hydroxylation is 4. The Kier molecular flexibility index (Phi) is 4.68. The van der Waals surface area contributed by atoms with Crippen LogP contribution in [-0.4, -0.2) is 25.7 Å². The first-order valence-electron chi connectivity index (χ1n) is 9.17. The highest BCUT2D eigenvalue weighted by Crippen LogP contribution is 2.29. The van der Waals surface area contributed by atoms with E-state index in [0.717, 1.165) is 44.6 Å². The Hall–Kier alpha value is -3.06. The van der Waals surface area contributed by atoms with E-state index in [4.69, 9.17) is 0 Å². The molecule has 1 N–H and O–H groups in total. The summed E-state index contributed by atoms with van der Waals surface area (Å²) in [6.45, 7) is 8.06. The lowest BCUT2D eigenvalue weighted by Gasteiger charge is -2.11. The van der Waals surface area contributed by atoms with E-state index in [1.165, 1.54) is 16.9 Å². The third kappa shape index (κ3) is 3.29. The largest absolute Gasteiger partial charge is 0.322 e. The normalized spacial score (nSPS) is 11.1. The Bertz CT molecular complexity index is 1190. The van der Waals surface area contributed by atoms with Gasteiger partial charge in [0.05, 0.1) is 0 Å². The lowest BCUT2D eigenvalue weighted by molar-refractivity contribution is 0.102. The fourth-order valence-corrected chi connectivity index (χ4v) is 3.82. The van der Waals surface area contributed by atoms with E-state index in [9.17, 15) is 4.79 Å². The van der Waals surface area contributed by atoms with Gasteiger partial charge in [-0.05, 0) is 55.7 Å². The maximum Gasteiger partial charge on any atom is 0.255 e. The highest BCUT2D eigenvalue weighted by atomic mass is 32.1. The topological polar surface area (TPSA) is 72.2 Å². The highest BCUT2D eigenvalue weighted by Gasteiger charge is 2.14. The van der Waals surface area contributed by atoms with Crippen molar-refractivity contribution < 1.29 is 4.79 Å². The van der Waals surface area contributed by atoms with E-state index in [2.05, 4.69) is 20.6 Å². The van der Waals surface area contributed by atoms with Crippen LogP contribution in [0, 0.1) is 20.8 Å². The quantitative estimate of drug-likeness (QED) is 0.552. The van der Waals surface area contributed by atoms with Crippen LogP contribution in [0.4, 0.5) is 5.69 Å². The Morgan fingerprint density at radius 1 is 1.04 bits per heavy atom. The lowest BCUT2D eigenvalue weighted by Crippen LogP contribution is -2.13. The molecule has 0 spiro atoms. The second-order valence-corrected chi connectivity index (χ2v) is 7.81. The number of amides is 1. The number of fused-ring (bicyclic) bond motifs is 1. The molecule has 2 heterocycles. The number of nitrogens with zero attached hydrogens (tertiary/aromatic N) is 4. The van der Waals surface area contributed by atoms with Crippen molar-refractivity contribution in [2.45, 2.75) is 34.1 Å². The molecule has 7 heteroatoms. The number of rotatable bonds is 4. The van der Waals surface area contributed by atoms with Gasteiger partial charge in [-0.1, -0.05) is 36.5 Å². The van der Waals surface area contributed by atoms with Gasteiger partial charge in [0.25, 0.3) is 5.91 Å². The van der Waals surface area contributed by atoms with Crippen LogP contribution in [0.5, 0.6) is 0 Å². The van der Waals surface area contributed by atoms with Crippen LogP contribution in [0.15, 0.2) is 36.4 Å². The summed E-state index contributed by atoms with van der Waals surface area (Å²) in [4.78, 5) is 13.5. The van der Waals surface area contributed by atoms with E-state index >= 15 is 0 Å². The number of hydrogen-bond acceptors (Lipinski definition) is 5. The SMILES string of the molecule is CCc1nnc2sc(-c3ccc(C)c(NC(=O)c4ccc(C)c(C)c4)c3)nn12. The fraction of sp³-hybridized carbons (Fsp3) is 0.238. The maximum atomic E-state index is 12.7. The minimum absolute atomic E-state index is 0.116. The first-order valence-corrected chi connectivity index (χ1v) is 9.98. The lowest BCUT2D eigenvalue weighted by atomic mass is 10.1. The summed E-state index contributed by atoms with van der Waals surface area (Å²) in [6.07, 6.45) is 0.773. The fourth-order valence-electron chi connectivity index (χ4n) is 2.96. The second-order valence-electron chi connectivity index (χ2n) is 6.85. The summed E-state index contributed by atoms with van der Waals surface area (Å²) in [7, 11) is 0. The summed E-state index contributed by atoms with van der Waals surface area (Å²) in [5, 5.41) is 16.8. The van der Waals surface area contributed by atoms with Crippen molar-refractivity contribution >= 4 is 27.9 Å².